The minimum Gasteiger partial charge on any atom is -0.381 e. The van der Waals surface area contributed by atoms with Crippen LogP contribution < -0.4 is 5.32 Å². The average molecular weight is 348 g/mol. The Labute approximate surface area is 128 Å². The summed E-state index contributed by atoms with van der Waals surface area (Å²) in [4.78, 5) is 2.45. The van der Waals surface area contributed by atoms with Gasteiger partial charge in [0.15, 0.2) is 0 Å². The van der Waals surface area contributed by atoms with E-state index in [2.05, 4.69) is 40.0 Å². The van der Waals surface area contributed by atoms with E-state index < -0.39 is 0 Å². The molecule has 0 aliphatic carbocycles. The number of ether oxygens (including phenoxy) is 1. The second kappa shape index (κ2) is 6.93. The van der Waals surface area contributed by atoms with Crippen molar-refractivity contribution in [2.24, 2.45) is 0 Å². The molecule has 0 saturated carbocycles. The molecule has 0 spiro atoms. The van der Waals surface area contributed by atoms with Gasteiger partial charge >= 0.3 is 0 Å². The maximum Gasteiger partial charge on any atom is 0.0874 e. The molecule has 1 aromatic carbocycles. The number of benzene rings is 1. The predicted octanol–water partition coefficient (Wildman–Crippen LogP) is 3.62. The molecule has 19 heavy (non-hydrogen) atoms. The Morgan fingerprint density at radius 2 is 2.32 bits per heavy atom. The summed E-state index contributed by atoms with van der Waals surface area (Å²) in [5, 5.41) is 4.12. The quantitative estimate of drug-likeness (QED) is 0.900. The number of halogens is 2. The standard InChI is InChI=1S/C14H20BrClN2O/c1-10(2)18-6-7-19-11(9-18)8-17-13-5-3-4-12(16)14(13)15/h3-5,10-11,17H,6-9H2,1-2H3. The highest BCUT2D eigenvalue weighted by atomic mass is 79.9. The van der Waals surface area contributed by atoms with Crippen LogP contribution in [0, 0.1) is 0 Å². The monoisotopic (exact) mass is 346 g/mol. The van der Waals surface area contributed by atoms with E-state index in [1.165, 1.54) is 0 Å². The first-order valence-corrected chi connectivity index (χ1v) is 7.78. The predicted molar refractivity (Wildman–Crippen MR) is 84.1 cm³/mol. The molecule has 0 bridgehead atoms. The topological polar surface area (TPSA) is 24.5 Å². The molecule has 1 heterocycles. The van der Waals surface area contributed by atoms with Gasteiger partial charge in [0.25, 0.3) is 0 Å². The summed E-state index contributed by atoms with van der Waals surface area (Å²) in [5.41, 5.74) is 1.01. The number of hydrogen-bond acceptors (Lipinski definition) is 3. The van der Waals surface area contributed by atoms with Crippen LogP contribution in [0.4, 0.5) is 5.69 Å². The Kier molecular flexibility index (Phi) is 5.51. The highest BCUT2D eigenvalue weighted by Gasteiger charge is 2.22. The van der Waals surface area contributed by atoms with E-state index in [9.17, 15) is 0 Å². The Morgan fingerprint density at radius 1 is 1.53 bits per heavy atom. The fourth-order valence-electron chi connectivity index (χ4n) is 2.20. The van der Waals surface area contributed by atoms with Crippen molar-refractivity contribution in [3.05, 3.63) is 27.7 Å². The number of anilines is 1. The van der Waals surface area contributed by atoms with Crippen LogP contribution in [0.3, 0.4) is 0 Å². The molecule has 1 saturated heterocycles. The van der Waals surface area contributed by atoms with Crippen LogP contribution >= 0.6 is 27.5 Å². The molecular formula is C14H20BrClN2O. The van der Waals surface area contributed by atoms with E-state index in [0.29, 0.717) is 6.04 Å². The van der Waals surface area contributed by atoms with Crippen molar-refractivity contribution in [2.45, 2.75) is 26.0 Å². The highest BCUT2D eigenvalue weighted by Crippen LogP contribution is 2.30. The van der Waals surface area contributed by atoms with E-state index in [1.807, 2.05) is 18.2 Å². The maximum absolute atomic E-state index is 6.07. The highest BCUT2D eigenvalue weighted by molar-refractivity contribution is 9.10. The lowest BCUT2D eigenvalue weighted by molar-refractivity contribution is -0.0315. The van der Waals surface area contributed by atoms with Crippen LogP contribution in [0.5, 0.6) is 0 Å². The van der Waals surface area contributed by atoms with Crippen molar-refractivity contribution in [1.82, 2.24) is 4.90 Å². The van der Waals surface area contributed by atoms with Gasteiger partial charge in [-0.15, -0.1) is 0 Å². The molecule has 5 heteroatoms. The Hall–Kier alpha value is -0.290. The molecule has 1 N–H and O–H groups in total. The van der Waals surface area contributed by atoms with E-state index in [0.717, 1.165) is 41.4 Å². The zero-order valence-corrected chi connectivity index (χ0v) is 13.7. The molecular weight excluding hydrogens is 328 g/mol. The molecule has 1 aliphatic rings. The van der Waals surface area contributed by atoms with Crippen LogP contribution in [0.25, 0.3) is 0 Å². The molecule has 0 aromatic heterocycles. The summed E-state index contributed by atoms with van der Waals surface area (Å²) in [6.45, 7) is 8.05. The van der Waals surface area contributed by atoms with Gasteiger partial charge in [-0.2, -0.15) is 0 Å². The van der Waals surface area contributed by atoms with Gasteiger partial charge in [-0.3, -0.25) is 4.90 Å². The fraction of sp³-hybridized carbons (Fsp3) is 0.571. The lowest BCUT2D eigenvalue weighted by Crippen LogP contribution is -2.48. The third-order valence-corrected chi connectivity index (χ3v) is 4.77. The summed E-state index contributed by atoms with van der Waals surface area (Å²) >= 11 is 9.57. The first-order valence-electron chi connectivity index (χ1n) is 6.61. The molecule has 2 rings (SSSR count). The van der Waals surface area contributed by atoms with Gasteiger partial charge in [0.1, 0.15) is 0 Å². The maximum atomic E-state index is 6.07. The van der Waals surface area contributed by atoms with Gasteiger partial charge in [0, 0.05) is 25.7 Å². The Balaban J connectivity index is 1.90. The smallest absolute Gasteiger partial charge is 0.0874 e. The van der Waals surface area contributed by atoms with Gasteiger partial charge in [-0.05, 0) is 41.9 Å². The van der Waals surface area contributed by atoms with Gasteiger partial charge in [0.05, 0.1) is 27.9 Å². The molecule has 0 radical (unpaired) electrons. The number of hydrogen-bond donors (Lipinski definition) is 1. The van der Waals surface area contributed by atoms with Crippen LogP contribution in [-0.4, -0.2) is 43.3 Å². The van der Waals surface area contributed by atoms with Crippen molar-refractivity contribution in [2.75, 3.05) is 31.6 Å². The molecule has 1 aliphatic heterocycles. The third-order valence-electron chi connectivity index (χ3n) is 3.37. The first kappa shape index (κ1) is 15.1. The molecule has 1 fully saturated rings. The lowest BCUT2D eigenvalue weighted by atomic mass is 10.2. The first-order chi connectivity index (χ1) is 9.08. The number of morpholine rings is 1. The van der Waals surface area contributed by atoms with Crippen LogP contribution in [-0.2, 0) is 4.74 Å². The summed E-state index contributed by atoms with van der Waals surface area (Å²) in [6, 6.07) is 6.40. The summed E-state index contributed by atoms with van der Waals surface area (Å²) < 4.78 is 6.71. The second-order valence-electron chi connectivity index (χ2n) is 5.06. The molecule has 3 nitrogen and oxygen atoms in total. The van der Waals surface area contributed by atoms with Crippen LogP contribution in [0.15, 0.2) is 22.7 Å². The summed E-state index contributed by atoms with van der Waals surface area (Å²) in [6.07, 6.45) is 0.224. The van der Waals surface area contributed by atoms with Crippen molar-refractivity contribution >= 4 is 33.2 Å². The second-order valence-corrected chi connectivity index (χ2v) is 6.26. The van der Waals surface area contributed by atoms with Gasteiger partial charge < -0.3 is 10.1 Å². The lowest BCUT2D eigenvalue weighted by Gasteiger charge is -2.35. The third kappa shape index (κ3) is 4.09. The average Bonchev–Trinajstić information content (AvgIpc) is 2.41. The minimum atomic E-state index is 0.224. The van der Waals surface area contributed by atoms with Crippen LogP contribution in [0.1, 0.15) is 13.8 Å². The largest absolute Gasteiger partial charge is 0.381 e. The number of nitrogens with zero attached hydrogens (tertiary/aromatic N) is 1. The van der Waals surface area contributed by atoms with Gasteiger partial charge in [0.2, 0.25) is 0 Å². The fourth-order valence-corrected chi connectivity index (χ4v) is 2.78. The molecule has 1 aromatic rings. The van der Waals surface area contributed by atoms with E-state index >= 15 is 0 Å². The normalized spacial score (nSPS) is 20.8. The number of nitrogens with one attached hydrogen (secondary N) is 1. The van der Waals surface area contributed by atoms with Crippen molar-refractivity contribution in [3.8, 4) is 0 Å². The van der Waals surface area contributed by atoms with E-state index in [1.54, 1.807) is 0 Å². The Morgan fingerprint density at radius 3 is 3.05 bits per heavy atom. The molecule has 106 valence electrons. The molecule has 0 amide bonds. The van der Waals surface area contributed by atoms with Gasteiger partial charge in [-0.25, -0.2) is 0 Å². The Bertz CT molecular complexity index is 428. The van der Waals surface area contributed by atoms with E-state index in [-0.39, 0.29) is 6.10 Å². The van der Waals surface area contributed by atoms with Crippen LogP contribution in [0.2, 0.25) is 5.02 Å². The zero-order chi connectivity index (χ0) is 13.8. The zero-order valence-electron chi connectivity index (χ0n) is 11.3. The molecule has 1 unspecified atom stereocenters. The van der Waals surface area contributed by atoms with E-state index in [4.69, 9.17) is 16.3 Å². The van der Waals surface area contributed by atoms with Crippen molar-refractivity contribution in [3.63, 3.8) is 0 Å². The molecule has 1 atom stereocenters. The minimum absolute atomic E-state index is 0.224. The van der Waals surface area contributed by atoms with Crippen molar-refractivity contribution < 1.29 is 4.74 Å². The van der Waals surface area contributed by atoms with Gasteiger partial charge in [-0.1, -0.05) is 17.7 Å². The SMILES string of the molecule is CC(C)N1CCOC(CNc2cccc(Cl)c2Br)C1. The summed E-state index contributed by atoms with van der Waals surface area (Å²) in [5.74, 6) is 0. The van der Waals surface area contributed by atoms with Crippen molar-refractivity contribution in [1.29, 1.82) is 0 Å². The summed E-state index contributed by atoms with van der Waals surface area (Å²) in [7, 11) is 0. The number of rotatable bonds is 4.